The quantitative estimate of drug-likeness (QED) is 0.149. The molecule has 65 heavy (non-hydrogen) atoms. The number of pyridine rings is 1. The van der Waals surface area contributed by atoms with Gasteiger partial charge in [0.25, 0.3) is 0 Å². The van der Waals surface area contributed by atoms with Gasteiger partial charge in [0, 0.05) is 11.1 Å². The summed E-state index contributed by atoms with van der Waals surface area (Å²) in [7, 11) is 0. The van der Waals surface area contributed by atoms with Gasteiger partial charge < -0.3 is 0 Å². The van der Waals surface area contributed by atoms with Gasteiger partial charge in [0.05, 0.1) is 16.8 Å². The number of hydrogen-bond donors (Lipinski definition) is 0. The highest BCUT2D eigenvalue weighted by Crippen LogP contribution is 2.58. The molecule has 0 amide bonds. The molecule has 0 saturated heterocycles. The molecular weight excluding hydrogens is 783 g/mol. The fourth-order valence-electron chi connectivity index (χ4n) is 10.4. The van der Waals surface area contributed by atoms with E-state index in [9.17, 15) is 0 Å². The summed E-state index contributed by atoms with van der Waals surface area (Å²) >= 11 is 0. The van der Waals surface area contributed by atoms with Crippen molar-refractivity contribution in [2.75, 3.05) is 0 Å². The molecule has 304 valence electrons. The Morgan fingerprint density at radius 2 is 0.738 bits per heavy atom. The van der Waals surface area contributed by atoms with Gasteiger partial charge in [-0.05, 0) is 125 Å². The topological polar surface area (TPSA) is 12.9 Å². The highest BCUT2D eigenvalue weighted by atomic mass is 14.7. The lowest BCUT2D eigenvalue weighted by Crippen LogP contribution is -2.28. The summed E-state index contributed by atoms with van der Waals surface area (Å²) in [4.78, 5) is 5.28. The average molecular weight is 826 g/mol. The van der Waals surface area contributed by atoms with Crippen molar-refractivity contribution in [3.63, 3.8) is 0 Å². The fraction of sp³-hybridized carbons (Fsp3) is 0.0156. The van der Waals surface area contributed by atoms with Crippen molar-refractivity contribution in [2.24, 2.45) is 0 Å². The second-order valence-electron chi connectivity index (χ2n) is 17.0. The van der Waals surface area contributed by atoms with E-state index in [1.54, 1.807) is 0 Å². The second-order valence-corrected chi connectivity index (χ2v) is 17.0. The summed E-state index contributed by atoms with van der Waals surface area (Å²) in [6.07, 6.45) is 0. The highest BCUT2D eigenvalue weighted by Gasteiger charge is 2.46. The van der Waals surface area contributed by atoms with Crippen LogP contribution in [-0.4, -0.2) is 4.98 Å². The minimum Gasteiger partial charge on any atom is -0.248 e. The normalized spacial score (nSPS) is 12.4. The molecular formula is C64H43N. The zero-order valence-electron chi connectivity index (χ0n) is 35.8. The third-order valence-electron chi connectivity index (χ3n) is 13.3. The van der Waals surface area contributed by atoms with Crippen LogP contribution < -0.4 is 0 Å². The Labute approximate surface area is 380 Å². The van der Waals surface area contributed by atoms with E-state index in [2.05, 4.69) is 261 Å². The van der Waals surface area contributed by atoms with Gasteiger partial charge in [-0.25, -0.2) is 4.98 Å². The Bertz CT molecular complexity index is 3420. The van der Waals surface area contributed by atoms with Crippen LogP contribution in [0, 0.1) is 0 Å². The van der Waals surface area contributed by atoms with Gasteiger partial charge >= 0.3 is 0 Å². The van der Waals surface area contributed by atoms with Gasteiger partial charge in [-0.2, -0.15) is 0 Å². The number of rotatable bonds is 8. The zero-order valence-corrected chi connectivity index (χ0v) is 35.8. The summed E-state index contributed by atoms with van der Waals surface area (Å²) in [5.41, 5.74) is 20.6. The molecule has 11 aromatic rings. The molecule has 1 nitrogen and oxygen atoms in total. The van der Waals surface area contributed by atoms with Crippen molar-refractivity contribution >= 4 is 10.8 Å². The van der Waals surface area contributed by atoms with Crippen LogP contribution >= 0.6 is 0 Å². The van der Waals surface area contributed by atoms with Crippen molar-refractivity contribution in [1.82, 2.24) is 4.98 Å². The number of benzene rings is 10. The molecule has 0 spiro atoms. The standard InChI is InChI=1S/C64H43N/c1-5-20-44(21-6-1)51-40-62(46-23-7-2-8-24-46)65-63(41-51)50-29-18-27-48(39-50)47-26-17-28-49(38-47)57-43-61-59(42-58(57)55-36-19-25-45-22-13-14-34-54(45)55)56-35-15-16-37-60(56)64(61,52-30-9-3-10-31-52)53-32-11-4-12-33-53/h1-43H. The van der Waals surface area contributed by atoms with Gasteiger partial charge in [0.1, 0.15) is 0 Å². The Morgan fingerprint density at radius 1 is 0.246 bits per heavy atom. The van der Waals surface area contributed by atoms with Gasteiger partial charge in [-0.15, -0.1) is 0 Å². The molecule has 0 saturated carbocycles. The largest absolute Gasteiger partial charge is 0.248 e. The monoisotopic (exact) mass is 825 g/mol. The molecule has 0 atom stereocenters. The van der Waals surface area contributed by atoms with Crippen LogP contribution in [0.4, 0.5) is 0 Å². The third-order valence-corrected chi connectivity index (χ3v) is 13.3. The zero-order chi connectivity index (χ0) is 43.2. The molecule has 1 aliphatic carbocycles. The van der Waals surface area contributed by atoms with Crippen LogP contribution in [0.3, 0.4) is 0 Å². The van der Waals surface area contributed by atoms with Gasteiger partial charge in [-0.1, -0.05) is 224 Å². The Balaban J connectivity index is 1.07. The molecule has 0 radical (unpaired) electrons. The minimum absolute atomic E-state index is 0.522. The molecule has 12 rings (SSSR count). The van der Waals surface area contributed by atoms with Crippen molar-refractivity contribution in [2.45, 2.75) is 5.41 Å². The minimum atomic E-state index is -0.522. The summed E-state index contributed by atoms with van der Waals surface area (Å²) in [6, 6.07) is 95.2. The van der Waals surface area contributed by atoms with Crippen LogP contribution in [0.1, 0.15) is 22.3 Å². The van der Waals surface area contributed by atoms with Crippen molar-refractivity contribution in [3.8, 4) is 78.1 Å². The van der Waals surface area contributed by atoms with Crippen molar-refractivity contribution < 1.29 is 0 Å². The molecule has 0 N–H and O–H groups in total. The average Bonchev–Trinajstić information content (AvgIpc) is 3.69. The molecule has 10 aromatic carbocycles. The first-order valence-electron chi connectivity index (χ1n) is 22.4. The third kappa shape index (κ3) is 6.60. The van der Waals surface area contributed by atoms with Gasteiger partial charge in [0.15, 0.2) is 0 Å². The lowest BCUT2D eigenvalue weighted by atomic mass is 9.67. The Kier molecular flexibility index (Phi) is 9.46. The first-order valence-corrected chi connectivity index (χ1v) is 22.4. The molecule has 1 heterocycles. The smallest absolute Gasteiger partial charge is 0.0715 e. The van der Waals surface area contributed by atoms with E-state index in [0.29, 0.717) is 0 Å². The summed E-state index contributed by atoms with van der Waals surface area (Å²) in [5.74, 6) is 0. The summed E-state index contributed by atoms with van der Waals surface area (Å²) in [5, 5.41) is 2.47. The molecule has 0 bridgehead atoms. The van der Waals surface area contributed by atoms with Gasteiger partial charge in [-0.3, -0.25) is 0 Å². The molecule has 0 fully saturated rings. The first kappa shape index (κ1) is 38.3. The number of aromatic nitrogens is 1. The van der Waals surface area contributed by atoms with Crippen LogP contribution in [-0.2, 0) is 5.41 Å². The lowest BCUT2D eigenvalue weighted by molar-refractivity contribution is 0.769. The molecule has 1 aliphatic rings. The van der Waals surface area contributed by atoms with Crippen molar-refractivity contribution in [1.29, 1.82) is 0 Å². The fourth-order valence-corrected chi connectivity index (χ4v) is 10.4. The predicted octanol–water partition coefficient (Wildman–Crippen LogP) is 16.6. The van der Waals surface area contributed by atoms with Crippen LogP contribution in [0.2, 0.25) is 0 Å². The molecule has 0 unspecified atom stereocenters. The Morgan fingerprint density at radius 3 is 1.45 bits per heavy atom. The van der Waals surface area contributed by atoms with E-state index in [0.717, 1.165) is 39.2 Å². The van der Waals surface area contributed by atoms with Gasteiger partial charge in [0.2, 0.25) is 0 Å². The first-order chi connectivity index (χ1) is 32.2. The number of hydrogen-bond acceptors (Lipinski definition) is 1. The van der Waals surface area contributed by atoms with Crippen LogP contribution in [0.25, 0.3) is 88.9 Å². The summed E-state index contributed by atoms with van der Waals surface area (Å²) in [6.45, 7) is 0. The van der Waals surface area contributed by atoms with E-state index in [1.165, 1.54) is 72.0 Å². The van der Waals surface area contributed by atoms with Crippen molar-refractivity contribution in [3.05, 3.63) is 283 Å². The maximum atomic E-state index is 5.28. The molecule has 1 aromatic heterocycles. The van der Waals surface area contributed by atoms with Crippen LogP contribution in [0.15, 0.2) is 261 Å². The molecule has 1 heteroatoms. The summed E-state index contributed by atoms with van der Waals surface area (Å²) < 4.78 is 0. The number of nitrogens with zero attached hydrogens (tertiary/aromatic N) is 1. The maximum Gasteiger partial charge on any atom is 0.0715 e. The predicted molar refractivity (Wildman–Crippen MR) is 272 cm³/mol. The van der Waals surface area contributed by atoms with E-state index in [-0.39, 0.29) is 0 Å². The van der Waals surface area contributed by atoms with E-state index >= 15 is 0 Å². The Hall–Kier alpha value is -8.39. The van der Waals surface area contributed by atoms with E-state index in [4.69, 9.17) is 4.98 Å². The van der Waals surface area contributed by atoms with E-state index in [1.807, 2.05) is 0 Å². The maximum absolute atomic E-state index is 5.28. The van der Waals surface area contributed by atoms with Crippen LogP contribution in [0.5, 0.6) is 0 Å². The number of fused-ring (bicyclic) bond motifs is 4. The SMILES string of the molecule is c1ccc(-c2cc(-c3ccccc3)nc(-c3cccc(-c4cccc(-c5cc6c(cc5-c5cccc7ccccc57)-c5ccccc5C6(c5ccccc5)c5ccccc5)c4)c3)c2)cc1. The highest BCUT2D eigenvalue weighted by molar-refractivity contribution is 6.03. The van der Waals surface area contributed by atoms with E-state index < -0.39 is 5.41 Å². The molecule has 0 aliphatic heterocycles. The second kappa shape index (κ2) is 16.1. The lowest BCUT2D eigenvalue weighted by Gasteiger charge is -2.34.